The second-order valence-electron chi connectivity index (χ2n) is 7.50. The van der Waals surface area contributed by atoms with E-state index >= 15 is 0 Å². The molecule has 1 rings (SSSR count). The lowest BCUT2D eigenvalue weighted by atomic mass is 9.78. The maximum absolute atomic E-state index is 11.3. The van der Waals surface area contributed by atoms with Gasteiger partial charge in [0.15, 0.2) is 0 Å². The van der Waals surface area contributed by atoms with Gasteiger partial charge < -0.3 is 9.29 Å². The molecule has 21 heavy (non-hydrogen) atoms. The van der Waals surface area contributed by atoms with Crippen molar-refractivity contribution in [1.82, 2.24) is 0 Å². The third-order valence-corrected chi connectivity index (χ3v) is 3.71. The van der Waals surface area contributed by atoms with Crippen LogP contribution in [0.5, 0.6) is 5.75 Å². The summed E-state index contributed by atoms with van der Waals surface area (Å²) in [5.41, 5.74) is 2.52. The van der Waals surface area contributed by atoms with Crippen molar-refractivity contribution < 1.29 is 14.1 Å². The van der Waals surface area contributed by atoms with Crippen molar-refractivity contribution in [3.8, 4) is 5.75 Å². The highest BCUT2D eigenvalue weighted by atomic mass is 32.1. The first-order valence-corrected chi connectivity index (χ1v) is 7.54. The van der Waals surface area contributed by atoms with E-state index in [1.807, 2.05) is 12.1 Å². The molecule has 0 amide bonds. The monoisotopic (exact) mass is 310 g/mol. The van der Waals surface area contributed by atoms with E-state index in [0.717, 1.165) is 16.7 Å². The van der Waals surface area contributed by atoms with Crippen molar-refractivity contribution in [1.29, 1.82) is 0 Å². The molecule has 0 atom stereocenters. The summed E-state index contributed by atoms with van der Waals surface area (Å²) in [7, 11) is 0. The van der Waals surface area contributed by atoms with Crippen LogP contribution in [0.3, 0.4) is 0 Å². The molecule has 0 aromatic heterocycles. The van der Waals surface area contributed by atoms with E-state index in [-0.39, 0.29) is 23.2 Å². The Kier molecular flexibility index (Phi) is 5.37. The zero-order valence-corrected chi connectivity index (χ0v) is 14.7. The van der Waals surface area contributed by atoms with Crippen molar-refractivity contribution >= 4 is 18.9 Å². The van der Waals surface area contributed by atoms with E-state index in [4.69, 9.17) is 0 Å². The lowest BCUT2D eigenvalue weighted by Gasteiger charge is -2.28. The zero-order valence-electron chi connectivity index (χ0n) is 13.8. The number of aromatic hydroxyl groups is 1. The molecular weight excluding hydrogens is 284 g/mol. The number of thiol groups is 1. The highest BCUT2D eigenvalue weighted by molar-refractivity contribution is 7.75. The van der Waals surface area contributed by atoms with Gasteiger partial charge in [-0.15, -0.1) is 0 Å². The van der Waals surface area contributed by atoms with Crippen LogP contribution in [0.2, 0.25) is 0 Å². The number of carbonyl (C=O) groups excluding carboxylic acids is 1. The molecule has 0 aliphatic rings. The number of aryl methyl sites for hydroxylation is 1. The summed E-state index contributed by atoms with van der Waals surface area (Å²) in [5, 5.41) is 10.6. The van der Waals surface area contributed by atoms with Gasteiger partial charge in [-0.2, -0.15) is 0 Å². The zero-order chi connectivity index (χ0) is 16.4. The van der Waals surface area contributed by atoms with Crippen molar-refractivity contribution in [2.75, 3.05) is 0 Å². The average molecular weight is 310 g/mol. The summed E-state index contributed by atoms with van der Waals surface area (Å²) >= 11 is 3.52. The minimum atomic E-state index is -0.346. The molecule has 1 aromatic carbocycles. The van der Waals surface area contributed by atoms with Gasteiger partial charge in [0.2, 0.25) is 0 Å². The Morgan fingerprint density at radius 3 is 1.86 bits per heavy atom. The lowest BCUT2D eigenvalue weighted by Crippen LogP contribution is -2.18. The first kappa shape index (κ1) is 17.9. The van der Waals surface area contributed by atoms with Crippen LogP contribution in [0.25, 0.3) is 0 Å². The molecule has 0 aliphatic heterocycles. The Bertz CT molecular complexity index is 487. The molecule has 0 spiro atoms. The minimum absolute atomic E-state index is 0.163. The van der Waals surface area contributed by atoms with Crippen LogP contribution in [0.1, 0.15) is 64.7 Å². The van der Waals surface area contributed by atoms with Crippen LogP contribution < -0.4 is 0 Å². The van der Waals surface area contributed by atoms with Crippen molar-refractivity contribution in [2.24, 2.45) is 0 Å². The maximum Gasteiger partial charge on any atom is 0.317 e. The maximum atomic E-state index is 11.3. The second kappa shape index (κ2) is 6.30. The second-order valence-corrected chi connectivity index (χ2v) is 7.69. The van der Waals surface area contributed by atoms with Crippen LogP contribution in [0, 0.1) is 0 Å². The largest absolute Gasteiger partial charge is 0.507 e. The molecule has 0 aliphatic carbocycles. The van der Waals surface area contributed by atoms with Gasteiger partial charge in [-0.3, -0.25) is 4.79 Å². The number of hydrogen-bond donors (Lipinski definition) is 2. The normalized spacial score (nSPS) is 12.3. The number of benzene rings is 1. The minimum Gasteiger partial charge on any atom is -0.507 e. The molecule has 0 unspecified atom stereocenters. The Hall–Kier alpha value is -1.16. The molecule has 0 saturated heterocycles. The fraction of sp³-hybridized carbons (Fsp3) is 0.588. The van der Waals surface area contributed by atoms with Gasteiger partial charge in [0, 0.05) is 12.9 Å². The lowest BCUT2D eigenvalue weighted by molar-refractivity contribution is -0.132. The molecule has 4 heteroatoms. The van der Waals surface area contributed by atoms with Crippen LogP contribution in [-0.2, 0) is 26.2 Å². The number of phenolic OH excluding ortho intramolecular Hbond substituents is 1. The molecule has 0 heterocycles. The van der Waals surface area contributed by atoms with Crippen molar-refractivity contribution in [3.63, 3.8) is 0 Å². The van der Waals surface area contributed by atoms with Crippen LogP contribution >= 0.6 is 12.9 Å². The van der Waals surface area contributed by atoms with Gasteiger partial charge in [0.25, 0.3) is 0 Å². The molecule has 0 fully saturated rings. The van der Waals surface area contributed by atoms with Crippen molar-refractivity contribution in [2.45, 2.75) is 65.2 Å². The standard InChI is InChI=1S/C17H26O3S/c1-16(2,3)12-9-11(7-8-14(18)20-21)10-13(15(12)19)17(4,5)6/h9-10,19,21H,7-8H2,1-6H3. The predicted molar refractivity (Wildman–Crippen MR) is 88.9 cm³/mol. The molecule has 0 saturated carbocycles. The van der Waals surface area contributed by atoms with E-state index < -0.39 is 0 Å². The summed E-state index contributed by atoms with van der Waals surface area (Å²) in [4.78, 5) is 11.3. The quantitative estimate of drug-likeness (QED) is 0.646. The average Bonchev–Trinajstić information content (AvgIpc) is 2.34. The Balaban J connectivity index is 3.31. The fourth-order valence-corrected chi connectivity index (χ4v) is 2.37. The molecule has 1 N–H and O–H groups in total. The summed E-state index contributed by atoms with van der Waals surface area (Å²) in [6.45, 7) is 12.4. The summed E-state index contributed by atoms with van der Waals surface area (Å²) in [6.07, 6.45) is 0.854. The van der Waals surface area contributed by atoms with Gasteiger partial charge in [-0.05, 0) is 33.9 Å². The molecular formula is C17H26O3S. The topological polar surface area (TPSA) is 46.5 Å². The van der Waals surface area contributed by atoms with Crippen LogP contribution in [0.15, 0.2) is 12.1 Å². The molecule has 3 nitrogen and oxygen atoms in total. The third kappa shape index (κ3) is 4.67. The fourth-order valence-electron chi connectivity index (χ4n) is 2.27. The van der Waals surface area contributed by atoms with E-state index in [2.05, 4.69) is 58.6 Å². The third-order valence-electron chi connectivity index (χ3n) is 3.51. The van der Waals surface area contributed by atoms with E-state index in [1.165, 1.54) is 0 Å². The van der Waals surface area contributed by atoms with Gasteiger partial charge >= 0.3 is 5.97 Å². The van der Waals surface area contributed by atoms with Crippen molar-refractivity contribution in [3.05, 3.63) is 28.8 Å². The van der Waals surface area contributed by atoms with E-state index in [1.54, 1.807) is 0 Å². The van der Waals surface area contributed by atoms with Gasteiger partial charge in [0.1, 0.15) is 5.75 Å². The molecule has 1 aromatic rings. The molecule has 0 radical (unpaired) electrons. The summed E-state index contributed by atoms with van der Waals surface area (Å²) in [5.74, 6) is 0.0107. The van der Waals surface area contributed by atoms with Gasteiger partial charge in [-0.1, -0.05) is 53.7 Å². The Morgan fingerprint density at radius 2 is 1.52 bits per heavy atom. The van der Waals surface area contributed by atoms with E-state index in [9.17, 15) is 9.90 Å². The number of phenols is 1. The van der Waals surface area contributed by atoms with Crippen LogP contribution in [-0.4, -0.2) is 11.1 Å². The van der Waals surface area contributed by atoms with Gasteiger partial charge in [0.05, 0.1) is 6.42 Å². The Labute approximate surface area is 133 Å². The van der Waals surface area contributed by atoms with E-state index in [0.29, 0.717) is 12.2 Å². The predicted octanol–water partition coefficient (Wildman–Crippen LogP) is 4.31. The van der Waals surface area contributed by atoms with Crippen LogP contribution in [0.4, 0.5) is 0 Å². The summed E-state index contributed by atoms with van der Waals surface area (Å²) < 4.78 is 4.40. The first-order chi connectivity index (χ1) is 9.46. The molecule has 0 bridgehead atoms. The Morgan fingerprint density at radius 1 is 1.10 bits per heavy atom. The number of hydrogen-bond acceptors (Lipinski definition) is 4. The summed E-state index contributed by atoms with van der Waals surface area (Å²) in [6, 6.07) is 3.97. The smallest absolute Gasteiger partial charge is 0.317 e. The highest BCUT2D eigenvalue weighted by Gasteiger charge is 2.26. The first-order valence-electron chi connectivity index (χ1n) is 7.18. The van der Waals surface area contributed by atoms with Gasteiger partial charge in [-0.25, -0.2) is 0 Å². The SMILES string of the molecule is CC(C)(C)c1cc(CCC(=O)OS)cc(C(C)(C)C)c1O. The molecule has 118 valence electrons. The highest BCUT2D eigenvalue weighted by Crippen LogP contribution is 2.39. The number of carbonyl (C=O) groups is 1. The number of rotatable bonds is 3.